The molecule has 0 radical (unpaired) electrons. The monoisotopic (exact) mass is 385 g/mol. The molecule has 0 aromatic heterocycles. The zero-order valence-electron chi connectivity index (χ0n) is 17.8. The van der Waals surface area contributed by atoms with E-state index in [4.69, 9.17) is 0 Å². The number of urea groups is 1. The van der Waals surface area contributed by atoms with Crippen molar-refractivity contribution in [3.05, 3.63) is 47.5 Å². The van der Waals surface area contributed by atoms with Gasteiger partial charge in [0.05, 0.1) is 0 Å². The molecule has 6 nitrogen and oxygen atoms in total. The van der Waals surface area contributed by atoms with Crippen molar-refractivity contribution in [1.82, 2.24) is 15.1 Å². The summed E-state index contributed by atoms with van der Waals surface area (Å²) in [6, 6.07) is 7.12. The smallest absolute Gasteiger partial charge is 0.325 e. The van der Waals surface area contributed by atoms with Gasteiger partial charge in [0.2, 0.25) is 5.91 Å². The Balaban J connectivity index is 2.22. The van der Waals surface area contributed by atoms with Gasteiger partial charge in [0.15, 0.2) is 0 Å². The third-order valence-electron chi connectivity index (χ3n) is 5.09. The van der Waals surface area contributed by atoms with Crippen molar-refractivity contribution < 1.29 is 14.4 Å². The average molecular weight is 386 g/mol. The van der Waals surface area contributed by atoms with Crippen molar-refractivity contribution in [3.8, 4) is 0 Å². The van der Waals surface area contributed by atoms with E-state index in [0.29, 0.717) is 18.7 Å². The molecule has 0 saturated carbocycles. The first kappa shape index (κ1) is 21.7. The van der Waals surface area contributed by atoms with Crippen LogP contribution in [-0.2, 0) is 20.5 Å². The zero-order valence-corrected chi connectivity index (χ0v) is 17.8. The van der Waals surface area contributed by atoms with Crippen LogP contribution in [-0.4, -0.2) is 47.3 Å². The normalized spacial score (nSPS) is 19.6. The molecule has 0 aliphatic carbocycles. The number of carbonyl (C=O) groups excluding carboxylic acids is 3. The average Bonchev–Trinajstić information content (AvgIpc) is 2.83. The number of hydrogen-bond donors (Lipinski definition) is 1. The Morgan fingerprint density at radius 3 is 2.25 bits per heavy atom. The maximum absolute atomic E-state index is 13.0. The molecule has 1 aromatic carbocycles. The Bertz CT molecular complexity index is 792. The lowest BCUT2D eigenvalue weighted by atomic mass is 9.84. The Kier molecular flexibility index (Phi) is 6.02. The van der Waals surface area contributed by atoms with Crippen LogP contribution < -0.4 is 5.32 Å². The van der Waals surface area contributed by atoms with E-state index in [1.165, 1.54) is 0 Å². The van der Waals surface area contributed by atoms with Gasteiger partial charge in [0.25, 0.3) is 5.91 Å². The Hall–Kier alpha value is -2.63. The van der Waals surface area contributed by atoms with Crippen molar-refractivity contribution in [2.75, 3.05) is 19.6 Å². The van der Waals surface area contributed by atoms with E-state index in [-0.39, 0.29) is 17.9 Å². The van der Waals surface area contributed by atoms with Gasteiger partial charge in [-0.15, -0.1) is 0 Å². The molecule has 4 amide bonds. The molecule has 2 rings (SSSR count). The minimum atomic E-state index is -1.18. The molecule has 28 heavy (non-hydrogen) atoms. The molecule has 1 atom stereocenters. The van der Waals surface area contributed by atoms with Gasteiger partial charge in [-0.1, -0.05) is 57.2 Å². The van der Waals surface area contributed by atoms with Gasteiger partial charge >= 0.3 is 6.03 Å². The van der Waals surface area contributed by atoms with Crippen LogP contribution in [0.5, 0.6) is 0 Å². The molecule has 6 heteroatoms. The van der Waals surface area contributed by atoms with Crippen LogP contribution >= 0.6 is 0 Å². The van der Waals surface area contributed by atoms with Gasteiger partial charge in [-0.2, -0.15) is 0 Å². The highest BCUT2D eigenvalue weighted by Gasteiger charge is 2.49. The van der Waals surface area contributed by atoms with Gasteiger partial charge in [0.1, 0.15) is 12.1 Å². The van der Waals surface area contributed by atoms with Crippen LogP contribution in [0.15, 0.2) is 36.4 Å². The molecule has 152 valence electrons. The molecule has 1 aliphatic heterocycles. The van der Waals surface area contributed by atoms with E-state index in [1.807, 2.05) is 38.1 Å². The van der Waals surface area contributed by atoms with Gasteiger partial charge < -0.3 is 10.2 Å². The largest absolute Gasteiger partial charge is 0.337 e. The number of nitrogens with zero attached hydrogens (tertiary/aromatic N) is 2. The summed E-state index contributed by atoms with van der Waals surface area (Å²) in [6.07, 6.45) is 0. The highest BCUT2D eigenvalue weighted by atomic mass is 16.2. The number of benzene rings is 1. The van der Waals surface area contributed by atoms with Crippen LogP contribution in [0, 0.1) is 0 Å². The zero-order chi connectivity index (χ0) is 21.3. The topological polar surface area (TPSA) is 69.7 Å². The van der Waals surface area contributed by atoms with E-state index in [1.54, 1.807) is 11.8 Å². The molecule has 0 bridgehead atoms. The predicted molar refractivity (Wildman–Crippen MR) is 110 cm³/mol. The fraction of sp³-hybridized carbons (Fsp3) is 0.500. The molecule has 1 aromatic rings. The van der Waals surface area contributed by atoms with Crippen molar-refractivity contribution >= 4 is 17.8 Å². The molecule has 0 spiro atoms. The van der Waals surface area contributed by atoms with E-state index in [9.17, 15) is 14.4 Å². The summed E-state index contributed by atoms with van der Waals surface area (Å²) in [4.78, 5) is 40.7. The number of likely N-dealkylation sites (N-methyl/N-ethyl adjacent to an activating group) is 1. The van der Waals surface area contributed by atoms with Crippen LogP contribution in [0.3, 0.4) is 0 Å². The molecular formula is C22H31N3O3. The summed E-state index contributed by atoms with van der Waals surface area (Å²) in [5, 5.41) is 2.76. The first-order valence-corrected chi connectivity index (χ1v) is 9.57. The maximum Gasteiger partial charge on any atom is 0.325 e. The van der Waals surface area contributed by atoms with E-state index < -0.39 is 17.5 Å². The van der Waals surface area contributed by atoms with Crippen molar-refractivity contribution in [2.45, 2.75) is 52.5 Å². The SMILES string of the molecule is C=C(C)CN(CC)C(=O)CN1C(=O)N[C@@](C)(c2ccc(C(C)(C)C)cc2)C1=O. The molecule has 0 unspecified atom stereocenters. The van der Waals surface area contributed by atoms with E-state index in [2.05, 4.69) is 32.7 Å². The van der Waals surface area contributed by atoms with Crippen LogP contribution in [0.4, 0.5) is 4.79 Å². The van der Waals surface area contributed by atoms with Crippen molar-refractivity contribution in [2.24, 2.45) is 0 Å². The predicted octanol–water partition coefficient (Wildman–Crippen LogP) is 3.18. The number of carbonyl (C=O) groups is 3. The van der Waals surface area contributed by atoms with E-state index >= 15 is 0 Å². The minimum absolute atomic E-state index is 0.00623. The standard InChI is InChI=1S/C22H31N3O3/c1-8-24(13-15(2)3)18(26)14-25-19(27)22(7,23-20(25)28)17-11-9-16(10-12-17)21(4,5)6/h9-12H,2,8,13-14H2,1,3-7H3,(H,23,28)/t22-/m0/s1. The van der Waals surface area contributed by atoms with Crippen LogP contribution in [0.2, 0.25) is 0 Å². The second-order valence-electron chi connectivity index (χ2n) is 8.64. The lowest BCUT2D eigenvalue weighted by Gasteiger charge is -2.25. The number of nitrogens with one attached hydrogen (secondary N) is 1. The maximum atomic E-state index is 13.0. The molecule has 1 aliphatic rings. The van der Waals surface area contributed by atoms with Gasteiger partial charge in [-0.25, -0.2) is 4.79 Å². The Morgan fingerprint density at radius 1 is 1.21 bits per heavy atom. The van der Waals surface area contributed by atoms with Gasteiger partial charge in [0, 0.05) is 13.1 Å². The van der Waals surface area contributed by atoms with Crippen LogP contribution in [0.1, 0.15) is 52.7 Å². The Labute approximate surface area is 167 Å². The first-order valence-electron chi connectivity index (χ1n) is 9.57. The molecule has 1 heterocycles. The van der Waals surface area contributed by atoms with E-state index in [0.717, 1.165) is 16.0 Å². The summed E-state index contributed by atoms with van der Waals surface area (Å²) >= 11 is 0. The molecule has 1 fully saturated rings. The van der Waals surface area contributed by atoms with Crippen molar-refractivity contribution in [3.63, 3.8) is 0 Å². The Morgan fingerprint density at radius 2 is 1.79 bits per heavy atom. The molecule has 1 saturated heterocycles. The summed E-state index contributed by atoms with van der Waals surface area (Å²) in [6.45, 7) is 16.1. The first-order chi connectivity index (χ1) is 12.9. The summed E-state index contributed by atoms with van der Waals surface area (Å²) in [5.41, 5.74) is 1.49. The van der Waals surface area contributed by atoms with Crippen molar-refractivity contribution in [1.29, 1.82) is 0 Å². The highest BCUT2D eigenvalue weighted by Crippen LogP contribution is 2.31. The summed E-state index contributed by atoms with van der Waals surface area (Å²) in [5.74, 6) is -0.693. The lowest BCUT2D eigenvalue weighted by Crippen LogP contribution is -2.44. The quantitative estimate of drug-likeness (QED) is 0.604. The molecular weight excluding hydrogens is 354 g/mol. The molecule has 1 N–H and O–H groups in total. The third kappa shape index (κ3) is 4.26. The van der Waals surface area contributed by atoms with Crippen LogP contribution in [0.25, 0.3) is 0 Å². The van der Waals surface area contributed by atoms with Gasteiger partial charge in [-0.05, 0) is 37.3 Å². The summed E-state index contributed by atoms with van der Waals surface area (Å²) in [7, 11) is 0. The number of imide groups is 1. The lowest BCUT2D eigenvalue weighted by molar-refractivity contribution is -0.138. The second-order valence-corrected chi connectivity index (χ2v) is 8.64. The fourth-order valence-electron chi connectivity index (χ4n) is 3.28. The second kappa shape index (κ2) is 7.78. The fourth-order valence-corrected chi connectivity index (χ4v) is 3.28. The number of hydrogen-bond acceptors (Lipinski definition) is 3. The van der Waals surface area contributed by atoms with Gasteiger partial charge in [-0.3, -0.25) is 14.5 Å². The highest BCUT2D eigenvalue weighted by molar-refractivity contribution is 6.09. The summed E-state index contributed by atoms with van der Waals surface area (Å²) < 4.78 is 0. The third-order valence-corrected chi connectivity index (χ3v) is 5.09. The number of amides is 4. The minimum Gasteiger partial charge on any atom is -0.337 e. The number of rotatable bonds is 6.